The number of hydrogen-bond donors (Lipinski definition) is 1. The first-order chi connectivity index (χ1) is 9.96. The molecule has 1 amide bonds. The second kappa shape index (κ2) is 6.18. The van der Waals surface area contributed by atoms with Crippen molar-refractivity contribution in [2.24, 2.45) is 0 Å². The summed E-state index contributed by atoms with van der Waals surface area (Å²) in [4.78, 5) is 15.0. The molecule has 21 heavy (non-hydrogen) atoms. The summed E-state index contributed by atoms with van der Waals surface area (Å²) in [5.74, 6) is 0.241. The van der Waals surface area contributed by atoms with Gasteiger partial charge >= 0.3 is 0 Å². The predicted molar refractivity (Wildman–Crippen MR) is 87.0 cm³/mol. The van der Waals surface area contributed by atoms with Crippen molar-refractivity contribution in [1.82, 2.24) is 10.2 Å². The van der Waals surface area contributed by atoms with E-state index in [9.17, 15) is 4.79 Å². The quantitative estimate of drug-likeness (QED) is 0.894. The Bertz CT molecular complexity index is 510. The zero-order valence-corrected chi connectivity index (χ0v) is 13.9. The van der Waals surface area contributed by atoms with E-state index in [1.807, 2.05) is 6.92 Å². The summed E-state index contributed by atoms with van der Waals surface area (Å²) in [5.41, 5.74) is 1.97. The van der Waals surface area contributed by atoms with Crippen LogP contribution in [0.25, 0.3) is 0 Å². The van der Waals surface area contributed by atoms with Crippen molar-refractivity contribution in [1.29, 1.82) is 0 Å². The van der Waals surface area contributed by atoms with Crippen molar-refractivity contribution >= 4 is 5.91 Å². The first kappa shape index (κ1) is 16.0. The highest BCUT2D eigenvalue weighted by Crippen LogP contribution is 2.35. The highest BCUT2D eigenvalue weighted by molar-refractivity contribution is 5.88. The maximum Gasteiger partial charge on any atom is 0.244 e. The maximum absolute atomic E-state index is 12.9. The van der Waals surface area contributed by atoms with Crippen molar-refractivity contribution in [3.8, 4) is 0 Å². The van der Waals surface area contributed by atoms with Gasteiger partial charge in [-0.05, 0) is 38.7 Å². The standard InChI is InChI=1S/C18H28N2O/c1-6-15(7-2)20-16(14-11-9-10-13(4)12-14)19-18(5,8-3)17(20)21/h9-12,15-16,19H,6-8H2,1-5H3. The number of carbonyl (C=O) groups excluding carboxylic acids is 1. The first-order valence-corrected chi connectivity index (χ1v) is 8.13. The van der Waals surface area contributed by atoms with Gasteiger partial charge in [-0.2, -0.15) is 0 Å². The molecule has 3 nitrogen and oxygen atoms in total. The number of nitrogens with zero attached hydrogens (tertiary/aromatic N) is 1. The molecule has 1 aromatic rings. The molecule has 1 aliphatic heterocycles. The Kier molecular flexibility index (Phi) is 4.72. The Balaban J connectivity index is 2.43. The smallest absolute Gasteiger partial charge is 0.244 e. The van der Waals surface area contributed by atoms with E-state index in [1.165, 1.54) is 11.1 Å². The Morgan fingerprint density at radius 1 is 1.29 bits per heavy atom. The van der Waals surface area contributed by atoms with Crippen LogP contribution in [-0.4, -0.2) is 22.4 Å². The number of nitrogens with one attached hydrogen (secondary N) is 1. The second-order valence-electron chi connectivity index (χ2n) is 6.33. The van der Waals surface area contributed by atoms with E-state index >= 15 is 0 Å². The van der Waals surface area contributed by atoms with E-state index in [0.29, 0.717) is 6.04 Å². The van der Waals surface area contributed by atoms with Gasteiger partial charge in [0.05, 0.1) is 5.54 Å². The van der Waals surface area contributed by atoms with Gasteiger partial charge in [0.2, 0.25) is 5.91 Å². The van der Waals surface area contributed by atoms with Crippen LogP contribution >= 0.6 is 0 Å². The van der Waals surface area contributed by atoms with Gasteiger partial charge in [-0.1, -0.05) is 50.6 Å². The molecule has 0 bridgehead atoms. The molecule has 1 heterocycles. The van der Waals surface area contributed by atoms with Gasteiger partial charge in [0.25, 0.3) is 0 Å². The van der Waals surface area contributed by atoms with Crippen molar-refractivity contribution < 1.29 is 4.79 Å². The first-order valence-electron chi connectivity index (χ1n) is 8.13. The Morgan fingerprint density at radius 3 is 2.48 bits per heavy atom. The van der Waals surface area contributed by atoms with Crippen LogP contribution < -0.4 is 5.32 Å². The highest BCUT2D eigenvalue weighted by Gasteiger charge is 2.48. The lowest BCUT2D eigenvalue weighted by Crippen LogP contribution is -2.44. The number of hydrogen-bond acceptors (Lipinski definition) is 2. The van der Waals surface area contributed by atoms with E-state index < -0.39 is 5.54 Å². The van der Waals surface area contributed by atoms with Gasteiger partial charge in [0, 0.05) is 6.04 Å². The molecular weight excluding hydrogens is 260 g/mol. The molecule has 1 fully saturated rings. The molecule has 1 aliphatic rings. The summed E-state index contributed by atoms with van der Waals surface area (Å²) in [6, 6.07) is 8.77. The Hall–Kier alpha value is -1.35. The van der Waals surface area contributed by atoms with E-state index in [-0.39, 0.29) is 12.1 Å². The van der Waals surface area contributed by atoms with Crippen molar-refractivity contribution in [2.45, 2.75) is 71.6 Å². The fourth-order valence-electron chi connectivity index (χ4n) is 3.23. The number of amides is 1. The van der Waals surface area contributed by atoms with E-state index in [1.54, 1.807) is 0 Å². The Labute approximate surface area is 128 Å². The molecule has 2 unspecified atom stereocenters. The average molecular weight is 288 g/mol. The van der Waals surface area contributed by atoms with Crippen LogP contribution in [-0.2, 0) is 4.79 Å². The summed E-state index contributed by atoms with van der Waals surface area (Å²) >= 11 is 0. The zero-order chi connectivity index (χ0) is 15.6. The van der Waals surface area contributed by atoms with Crippen LogP contribution in [0.2, 0.25) is 0 Å². The summed E-state index contributed by atoms with van der Waals surface area (Å²) < 4.78 is 0. The fourth-order valence-corrected chi connectivity index (χ4v) is 3.23. The molecule has 2 rings (SSSR count). The molecule has 0 spiro atoms. The summed E-state index contributed by atoms with van der Waals surface area (Å²) in [7, 11) is 0. The van der Waals surface area contributed by atoms with Crippen LogP contribution in [0.1, 0.15) is 64.3 Å². The molecule has 3 heteroatoms. The topological polar surface area (TPSA) is 32.3 Å². The molecule has 0 radical (unpaired) electrons. The van der Waals surface area contributed by atoms with Crippen molar-refractivity contribution in [3.05, 3.63) is 35.4 Å². The highest BCUT2D eigenvalue weighted by atomic mass is 16.2. The van der Waals surface area contributed by atoms with Gasteiger partial charge in [-0.25, -0.2) is 0 Å². The normalized spacial score (nSPS) is 25.9. The summed E-state index contributed by atoms with van der Waals surface area (Å²) in [6.07, 6.45) is 2.79. The molecular formula is C18H28N2O. The lowest BCUT2D eigenvalue weighted by molar-refractivity contribution is -0.135. The predicted octanol–water partition coefficient (Wildman–Crippen LogP) is 3.78. The minimum atomic E-state index is -0.447. The van der Waals surface area contributed by atoms with Gasteiger partial charge < -0.3 is 4.90 Å². The monoisotopic (exact) mass is 288 g/mol. The molecule has 1 aromatic carbocycles. The third kappa shape index (κ3) is 2.84. The fraction of sp³-hybridized carbons (Fsp3) is 0.611. The molecule has 0 saturated carbocycles. The van der Waals surface area contributed by atoms with Crippen LogP contribution in [0.4, 0.5) is 0 Å². The average Bonchev–Trinajstić information content (AvgIpc) is 2.75. The largest absolute Gasteiger partial charge is 0.318 e. The van der Waals surface area contributed by atoms with Gasteiger partial charge in [0.15, 0.2) is 0 Å². The van der Waals surface area contributed by atoms with Gasteiger partial charge in [-0.3, -0.25) is 10.1 Å². The molecule has 0 aromatic heterocycles. The number of aryl methyl sites for hydroxylation is 1. The van der Waals surface area contributed by atoms with Crippen LogP contribution in [0, 0.1) is 6.92 Å². The van der Waals surface area contributed by atoms with E-state index in [4.69, 9.17) is 0 Å². The summed E-state index contributed by atoms with van der Waals surface area (Å²) in [6.45, 7) is 10.5. The maximum atomic E-state index is 12.9. The second-order valence-corrected chi connectivity index (χ2v) is 6.33. The van der Waals surface area contributed by atoms with Crippen molar-refractivity contribution in [2.75, 3.05) is 0 Å². The molecule has 1 saturated heterocycles. The lowest BCUT2D eigenvalue weighted by Gasteiger charge is -2.32. The minimum absolute atomic E-state index is 0.00718. The number of benzene rings is 1. The minimum Gasteiger partial charge on any atom is -0.318 e. The molecule has 1 N–H and O–H groups in total. The summed E-state index contributed by atoms with van der Waals surface area (Å²) in [5, 5.41) is 3.59. The SMILES string of the molecule is CCC(CC)N1C(=O)C(C)(CC)NC1c1cccc(C)c1. The lowest BCUT2D eigenvalue weighted by atomic mass is 9.98. The third-order valence-corrected chi connectivity index (χ3v) is 4.84. The zero-order valence-electron chi connectivity index (χ0n) is 13.9. The van der Waals surface area contributed by atoms with Gasteiger partial charge in [0.1, 0.15) is 6.17 Å². The molecule has 116 valence electrons. The van der Waals surface area contributed by atoms with Gasteiger partial charge in [-0.15, -0.1) is 0 Å². The van der Waals surface area contributed by atoms with E-state index in [0.717, 1.165) is 19.3 Å². The third-order valence-electron chi connectivity index (χ3n) is 4.84. The number of rotatable bonds is 5. The molecule has 2 atom stereocenters. The number of carbonyl (C=O) groups is 1. The van der Waals surface area contributed by atoms with Crippen LogP contribution in [0.3, 0.4) is 0 Å². The van der Waals surface area contributed by atoms with Crippen LogP contribution in [0.15, 0.2) is 24.3 Å². The van der Waals surface area contributed by atoms with E-state index in [2.05, 4.69) is 62.2 Å². The van der Waals surface area contributed by atoms with Crippen LogP contribution in [0.5, 0.6) is 0 Å². The Morgan fingerprint density at radius 2 is 1.95 bits per heavy atom. The van der Waals surface area contributed by atoms with Crippen molar-refractivity contribution in [3.63, 3.8) is 0 Å². The molecule has 0 aliphatic carbocycles.